The monoisotopic (exact) mass is 276 g/mol. The van der Waals surface area contributed by atoms with Crippen molar-refractivity contribution in [2.75, 3.05) is 7.05 Å². The minimum absolute atomic E-state index is 0.0401. The molecule has 1 aromatic carbocycles. The first-order chi connectivity index (χ1) is 9.23. The van der Waals surface area contributed by atoms with Crippen LogP contribution in [0.1, 0.15) is 45.2 Å². The van der Waals surface area contributed by atoms with E-state index in [0.29, 0.717) is 12.6 Å². The van der Waals surface area contributed by atoms with Crippen molar-refractivity contribution in [2.45, 2.75) is 64.4 Å². The first-order valence-corrected chi connectivity index (χ1v) is 7.42. The number of hydrogen-bond donors (Lipinski definition) is 1. The average molecular weight is 276 g/mol. The summed E-state index contributed by atoms with van der Waals surface area (Å²) in [5.74, 6) is 0. The molecule has 1 fully saturated rings. The van der Waals surface area contributed by atoms with Gasteiger partial charge in [-0.2, -0.15) is 0 Å². The van der Waals surface area contributed by atoms with Crippen molar-refractivity contribution in [3.8, 4) is 0 Å². The van der Waals surface area contributed by atoms with E-state index in [4.69, 9.17) is 10.5 Å². The van der Waals surface area contributed by atoms with Gasteiger partial charge in [0.25, 0.3) is 0 Å². The normalized spacial score (nSPS) is 24.2. The Morgan fingerprint density at radius 3 is 2.45 bits per heavy atom. The standard InChI is InChI=1S/C17H28N2O/c1-16(2)10-15(17(3,4)20-16)19(5)12-14-8-6-7-13(9-14)11-18/h6-9,15H,10-12,18H2,1-5H3. The summed E-state index contributed by atoms with van der Waals surface area (Å²) in [6.07, 6.45) is 1.06. The molecule has 20 heavy (non-hydrogen) atoms. The number of ether oxygens (including phenoxy) is 1. The SMILES string of the molecule is CN(Cc1cccc(CN)c1)C1CC(C)(C)OC1(C)C. The molecule has 0 bridgehead atoms. The minimum atomic E-state index is -0.107. The van der Waals surface area contributed by atoms with Gasteiger partial charge in [0.2, 0.25) is 0 Å². The lowest BCUT2D eigenvalue weighted by atomic mass is 9.93. The molecule has 1 heterocycles. The molecule has 3 heteroatoms. The first kappa shape index (κ1) is 15.5. The summed E-state index contributed by atoms with van der Waals surface area (Å²) in [5.41, 5.74) is 8.08. The number of hydrogen-bond acceptors (Lipinski definition) is 3. The second kappa shape index (κ2) is 5.47. The van der Waals surface area contributed by atoms with Gasteiger partial charge < -0.3 is 10.5 Å². The maximum absolute atomic E-state index is 6.19. The van der Waals surface area contributed by atoms with Crippen LogP contribution in [0.15, 0.2) is 24.3 Å². The van der Waals surface area contributed by atoms with Crippen LogP contribution in [0, 0.1) is 0 Å². The highest BCUT2D eigenvalue weighted by Crippen LogP contribution is 2.40. The number of benzene rings is 1. The average Bonchev–Trinajstić information content (AvgIpc) is 2.57. The lowest BCUT2D eigenvalue weighted by Gasteiger charge is -2.33. The van der Waals surface area contributed by atoms with Crippen molar-refractivity contribution in [1.29, 1.82) is 0 Å². The number of rotatable bonds is 4. The molecule has 0 amide bonds. The smallest absolute Gasteiger partial charge is 0.0789 e. The third-order valence-electron chi connectivity index (χ3n) is 4.22. The highest BCUT2D eigenvalue weighted by atomic mass is 16.5. The third kappa shape index (κ3) is 3.40. The molecule has 1 aliphatic heterocycles. The Morgan fingerprint density at radius 2 is 1.90 bits per heavy atom. The van der Waals surface area contributed by atoms with E-state index >= 15 is 0 Å². The number of likely N-dealkylation sites (N-methyl/N-ethyl adjacent to an activating group) is 1. The highest BCUT2D eigenvalue weighted by Gasteiger charge is 2.47. The van der Waals surface area contributed by atoms with Crippen LogP contribution < -0.4 is 5.73 Å². The van der Waals surface area contributed by atoms with Gasteiger partial charge in [0.05, 0.1) is 11.2 Å². The fraction of sp³-hybridized carbons (Fsp3) is 0.647. The maximum Gasteiger partial charge on any atom is 0.0789 e. The van der Waals surface area contributed by atoms with E-state index in [1.165, 1.54) is 11.1 Å². The molecular weight excluding hydrogens is 248 g/mol. The Hall–Kier alpha value is -0.900. The Labute approximate surface area is 123 Å². The fourth-order valence-electron chi connectivity index (χ4n) is 3.47. The van der Waals surface area contributed by atoms with Crippen LogP contribution in [0.25, 0.3) is 0 Å². The molecule has 0 spiro atoms. The quantitative estimate of drug-likeness (QED) is 0.919. The van der Waals surface area contributed by atoms with Crippen molar-refractivity contribution in [3.05, 3.63) is 35.4 Å². The van der Waals surface area contributed by atoms with E-state index in [2.05, 4.69) is 63.9 Å². The molecule has 1 saturated heterocycles. The second-order valence-corrected chi connectivity index (χ2v) is 7.12. The molecule has 1 atom stereocenters. The van der Waals surface area contributed by atoms with Crippen molar-refractivity contribution in [2.24, 2.45) is 5.73 Å². The van der Waals surface area contributed by atoms with E-state index < -0.39 is 0 Å². The zero-order valence-electron chi connectivity index (χ0n) is 13.4. The molecule has 3 nitrogen and oxygen atoms in total. The van der Waals surface area contributed by atoms with E-state index in [1.807, 2.05) is 0 Å². The highest BCUT2D eigenvalue weighted by molar-refractivity contribution is 5.23. The van der Waals surface area contributed by atoms with E-state index in [1.54, 1.807) is 0 Å². The summed E-state index contributed by atoms with van der Waals surface area (Å²) in [4.78, 5) is 2.41. The molecule has 1 aliphatic rings. The van der Waals surface area contributed by atoms with Crippen LogP contribution >= 0.6 is 0 Å². The zero-order valence-corrected chi connectivity index (χ0v) is 13.4. The van der Waals surface area contributed by atoms with Crippen LogP contribution in [0.3, 0.4) is 0 Å². The van der Waals surface area contributed by atoms with Crippen molar-refractivity contribution >= 4 is 0 Å². The lowest BCUT2D eigenvalue weighted by Crippen LogP contribution is -2.44. The predicted molar refractivity (Wildman–Crippen MR) is 83.4 cm³/mol. The second-order valence-electron chi connectivity index (χ2n) is 7.12. The predicted octanol–water partition coefficient (Wildman–Crippen LogP) is 2.92. The topological polar surface area (TPSA) is 38.5 Å². The molecule has 0 radical (unpaired) electrons. The van der Waals surface area contributed by atoms with Gasteiger partial charge in [-0.25, -0.2) is 0 Å². The van der Waals surface area contributed by atoms with Gasteiger partial charge in [-0.15, -0.1) is 0 Å². The van der Waals surface area contributed by atoms with Crippen LogP contribution in [-0.4, -0.2) is 29.2 Å². The summed E-state index contributed by atoms with van der Waals surface area (Å²) in [6.45, 7) is 10.3. The Morgan fingerprint density at radius 1 is 1.25 bits per heavy atom. The van der Waals surface area contributed by atoms with Gasteiger partial charge in [0.1, 0.15) is 0 Å². The summed E-state index contributed by atoms with van der Waals surface area (Å²) >= 11 is 0. The summed E-state index contributed by atoms with van der Waals surface area (Å²) in [7, 11) is 2.19. The van der Waals surface area contributed by atoms with Crippen LogP contribution in [-0.2, 0) is 17.8 Å². The van der Waals surface area contributed by atoms with Gasteiger partial charge in [0, 0.05) is 19.1 Å². The molecule has 0 saturated carbocycles. The van der Waals surface area contributed by atoms with Crippen molar-refractivity contribution in [1.82, 2.24) is 4.90 Å². The van der Waals surface area contributed by atoms with Crippen molar-refractivity contribution < 1.29 is 4.74 Å². The number of nitrogens with zero attached hydrogens (tertiary/aromatic N) is 1. The van der Waals surface area contributed by atoms with Gasteiger partial charge in [-0.1, -0.05) is 24.3 Å². The van der Waals surface area contributed by atoms with Gasteiger partial charge in [0.15, 0.2) is 0 Å². The largest absolute Gasteiger partial charge is 0.368 e. The summed E-state index contributed by atoms with van der Waals surface area (Å²) < 4.78 is 6.19. The van der Waals surface area contributed by atoms with Crippen LogP contribution in [0.4, 0.5) is 0 Å². The van der Waals surface area contributed by atoms with Gasteiger partial charge >= 0.3 is 0 Å². The fourth-order valence-corrected chi connectivity index (χ4v) is 3.47. The molecule has 112 valence electrons. The third-order valence-corrected chi connectivity index (χ3v) is 4.22. The minimum Gasteiger partial charge on any atom is -0.368 e. The zero-order chi connectivity index (χ0) is 15.0. The number of nitrogens with two attached hydrogens (primary N) is 1. The van der Waals surface area contributed by atoms with E-state index in [0.717, 1.165) is 13.0 Å². The Balaban J connectivity index is 2.10. The van der Waals surface area contributed by atoms with Crippen LogP contribution in [0.2, 0.25) is 0 Å². The Bertz CT molecular complexity index is 468. The summed E-state index contributed by atoms with van der Waals surface area (Å²) in [6, 6.07) is 8.97. The van der Waals surface area contributed by atoms with E-state index in [-0.39, 0.29) is 11.2 Å². The molecule has 1 unspecified atom stereocenters. The molecule has 2 N–H and O–H groups in total. The van der Waals surface area contributed by atoms with Crippen LogP contribution in [0.5, 0.6) is 0 Å². The molecule has 2 rings (SSSR count). The lowest BCUT2D eigenvalue weighted by molar-refractivity contribution is -0.0791. The Kier molecular flexibility index (Phi) is 4.24. The molecule has 1 aromatic rings. The molecule has 0 aliphatic carbocycles. The van der Waals surface area contributed by atoms with Crippen molar-refractivity contribution in [3.63, 3.8) is 0 Å². The van der Waals surface area contributed by atoms with Gasteiger partial charge in [-0.05, 0) is 52.3 Å². The summed E-state index contributed by atoms with van der Waals surface area (Å²) in [5, 5.41) is 0. The van der Waals surface area contributed by atoms with E-state index in [9.17, 15) is 0 Å². The molecule has 0 aromatic heterocycles. The first-order valence-electron chi connectivity index (χ1n) is 7.42. The van der Waals surface area contributed by atoms with Gasteiger partial charge in [-0.3, -0.25) is 4.90 Å². The molecular formula is C17H28N2O. The maximum atomic E-state index is 6.19.